The number of carbonyl (C=O) groups is 1. The summed E-state index contributed by atoms with van der Waals surface area (Å²) in [4.78, 5) is 20.3. The SMILES string of the molecule is O=C(NCCCn1ccc2cccnc21)c1cncc(Br)c1. The molecule has 3 heterocycles. The van der Waals surface area contributed by atoms with Gasteiger partial charge in [0, 0.05) is 47.7 Å². The Balaban J connectivity index is 1.52. The van der Waals surface area contributed by atoms with E-state index in [9.17, 15) is 4.79 Å². The lowest BCUT2D eigenvalue weighted by molar-refractivity contribution is 0.0952. The molecule has 0 fully saturated rings. The van der Waals surface area contributed by atoms with Crippen LogP contribution in [0.5, 0.6) is 0 Å². The Morgan fingerprint density at radius 2 is 2.23 bits per heavy atom. The highest BCUT2D eigenvalue weighted by molar-refractivity contribution is 9.10. The smallest absolute Gasteiger partial charge is 0.252 e. The second-order valence-electron chi connectivity index (χ2n) is 4.93. The Kier molecular flexibility index (Phi) is 4.48. The summed E-state index contributed by atoms with van der Waals surface area (Å²) in [5, 5.41) is 4.03. The molecule has 6 heteroatoms. The number of carbonyl (C=O) groups excluding carboxylic acids is 1. The van der Waals surface area contributed by atoms with E-state index in [4.69, 9.17) is 0 Å². The predicted molar refractivity (Wildman–Crippen MR) is 88.6 cm³/mol. The van der Waals surface area contributed by atoms with Gasteiger partial charge in [0.15, 0.2) is 0 Å². The molecule has 0 atom stereocenters. The van der Waals surface area contributed by atoms with Crippen LogP contribution in [-0.2, 0) is 6.54 Å². The van der Waals surface area contributed by atoms with Gasteiger partial charge in [-0.25, -0.2) is 4.98 Å². The minimum absolute atomic E-state index is 0.107. The molecule has 5 nitrogen and oxygen atoms in total. The topological polar surface area (TPSA) is 59.8 Å². The third-order valence-corrected chi connectivity index (χ3v) is 3.79. The molecule has 0 spiro atoms. The highest BCUT2D eigenvalue weighted by Gasteiger charge is 2.06. The first-order valence-corrected chi connectivity index (χ1v) is 7.82. The van der Waals surface area contributed by atoms with Gasteiger partial charge in [0.2, 0.25) is 0 Å². The van der Waals surface area contributed by atoms with Crippen molar-refractivity contribution in [1.82, 2.24) is 19.9 Å². The molecule has 3 rings (SSSR count). The minimum atomic E-state index is -0.107. The summed E-state index contributed by atoms with van der Waals surface area (Å²) < 4.78 is 2.90. The Morgan fingerprint density at radius 3 is 3.09 bits per heavy atom. The lowest BCUT2D eigenvalue weighted by Gasteiger charge is -2.07. The van der Waals surface area contributed by atoms with Crippen molar-refractivity contribution in [3.05, 3.63) is 59.1 Å². The number of fused-ring (bicyclic) bond motifs is 1. The van der Waals surface area contributed by atoms with E-state index in [1.54, 1.807) is 24.7 Å². The van der Waals surface area contributed by atoms with E-state index in [0.717, 1.165) is 28.5 Å². The van der Waals surface area contributed by atoms with Crippen molar-refractivity contribution in [2.45, 2.75) is 13.0 Å². The zero-order chi connectivity index (χ0) is 15.4. The summed E-state index contributed by atoms with van der Waals surface area (Å²) in [5.41, 5.74) is 1.53. The second kappa shape index (κ2) is 6.70. The second-order valence-corrected chi connectivity index (χ2v) is 5.84. The summed E-state index contributed by atoms with van der Waals surface area (Å²) in [6.45, 7) is 1.43. The van der Waals surface area contributed by atoms with E-state index < -0.39 is 0 Å². The number of amides is 1. The number of nitrogens with zero attached hydrogens (tertiary/aromatic N) is 3. The zero-order valence-corrected chi connectivity index (χ0v) is 13.5. The van der Waals surface area contributed by atoms with Crippen molar-refractivity contribution in [3.8, 4) is 0 Å². The molecule has 112 valence electrons. The molecule has 0 unspecified atom stereocenters. The maximum absolute atomic E-state index is 12.0. The largest absolute Gasteiger partial charge is 0.352 e. The molecule has 0 saturated heterocycles. The number of pyridine rings is 2. The van der Waals surface area contributed by atoms with Gasteiger partial charge in [-0.1, -0.05) is 0 Å². The van der Waals surface area contributed by atoms with Gasteiger partial charge in [-0.15, -0.1) is 0 Å². The Bertz CT molecular complexity index is 799. The first-order valence-electron chi connectivity index (χ1n) is 7.02. The maximum atomic E-state index is 12.0. The highest BCUT2D eigenvalue weighted by Crippen LogP contribution is 2.12. The lowest BCUT2D eigenvalue weighted by Crippen LogP contribution is -2.25. The molecule has 3 aromatic rings. The van der Waals surface area contributed by atoms with Gasteiger partial charge in [0.05, 0.1) is 5.56 Å². The fraction of sp³-hybridized carbons (Fsp3) is 0.188. The standard InChI is InChI=1S/C16H15BrN4O/c17-14-9-13(10-18-11-14)16(22)20-6-2-7-21-8-4-12-3-1-5-19-15(12)21/h1,3-5,8-11H,2,6-7H2,(H,20,22). The van der Waals surface area contributed by atoms with E-state index in [2.05, 4.69) is 35.8 Å². The summed E-state index contributed by atoms with van der Waals surface area (Å²) in [6.07, 6.45) is 7.87. The average Bonchev–Trinajstić information content (AvgIpc) is 2.95. The van der Waals surface area contributed by atoms with Crippen LogP contribution < -0.4 is 5.32 Å². The van der Waals surface area contributed by atoms with Crippen LogP contribution >= 0.6 is 15.9 Å². The fourth-order valence-electron chi connectivity index (χ4n) is 2.29. The van der Waals surface area contributed by atoms with Gasteiger partial charge in [-0.05, 0) is 46.6 Å². The average molecular weight is 359 g/mol. The van der Waals surface area contributed by atoms with E-state index in [1.807, 2.05) is 24.4 Å². The van der Waals surface area contributed by atoms with Crippen LogP contribution in [0.3, 0.4) is 0 Å². The van der Waals surface area contributed by atoms with Gasteiger partial charge in [-0.3, -0.25) is 9.78 Å². The number of halogens is 1. The van der Waals surface area contributed by atoms with Crippen LogP contribution in [0.15, 0.2) is 53.5 Å². The first kappa shape index (κ1) is 14.7. The maximum Gasteiger partial charge on any atom is 0.252 e. The normalized spacial score (nSPS) is 10.8. The predicted octanol–water partition coefficient (Wildman–Crippen LogP) is 3.01. The Hall–Kier alpha value is -2.21. The molecule has 0 aliphatic carbocycles. The van der Waals surface area contributed by atoms with Crippen molar-refractivity contribution in [3.63, 3.8) is 0 Å². The fourth-order valence-corrected chi connectivity index (χ4v) is 2.66. The van der Waals surface area contributed by atoms with Crippen molar-refractivity contribution in [1.29, 1.82) is 0 Å². The third kappa shape index (κ3) is 3.33. The van der Waals surface area contributed by atoms with Crippen LogP contribution in [0.4, 0.5) is 0 Å². The molecule has 22 heavy (non-hydrogen) atoms. The Labute approximate surface area is 136 Å². The number of aromatic nitrogens is 3. The Morgan fingerprint density at radius 1 is 1.32 bits per heavy atom. The first-order chi connectivity index (χ1) is 10.7. The molecular weight excluding hydrogens is 344 g/mol. The zero-order valence-electron chi connectivity index (χ0n) is 11.9. The molecule has 0 aromatic carbocycles. The van der Waals surface area contributed by atoms with Gasteiger partial charge in [0.25, 0.3) is 5.91 Å². The van der Waals surface area contributed by atoms with Crippen molar-refractivity contribution < 1.29 is 4.79 Å². The van der Waals surface area contributed by atoms with Crippen LogP contribution in [0.25, 0.3) is 11.0 Å². The molecule has 0 aliphatic heterocycles. The molecule has 0 aliphatic rings. The van der Waals surface area contributed by atoms with Crippen molar-refractivity contribution in [2.75, 3.05) is 6.54 Å². The summed E-state index contributed by atoms with van der Waals surface area (Å²) in [5.74, 6) is -0.107. The summed E-state index contributed by atoms with van der Waals surface area (Å²) in [6, 6.07) is 7.78. The molecule has 3 aromatic heterocycles. The molecule has 1 amide bonds. The highest BCUT2D eigenvalue weighted by atomic mass is 79.9. The summed E-state index contributed by atoms with van der Waals surface area (Å²) in [7, 11) is 0. The van der Waals surface area contributed by atoms with Gasteiger partial charge < -0.3 is 9.88 Å². The van der Waals surface area contributed by atoms with Gasteiger partial charge in [0.1, 0.15) is 5.65 Å². The number of nitrogens with one attached hydrogen (secondary N) is 1. The van der Waals surface area contributed by atoms with E-state index in [0.29, 0.717) is 12.1 Å². The number of rotatable bonds is 5. The molecular formula is C16H15BrN4O. The lowest BCUT2D eigenvalue weighted by atomic mass is 10.2. The van der Waals surface area contributed by atoms with E-state index in [1.165, 1.54) is 0 Å². The van der Waals surface area contributed by atoms with Crippen LogP contribution in [0.2, 0.25) is 0 Å². The molecule has 0 saturated carbocycles. The minimum Gasteiger partial charge on any atom is -0.352 e. The molecule has 1 N–H and O–H groups in total. The third-order valence-electron chi connectivity index (χ3n) is 3.35. The molecule has 0 radical (unpaired) electrons. The van der Waals surface area contributed by atoms with Crippen LogP contribution in [0.1, 0.15) is 16.8 Å². The molecule has 0 bridgehead atoms. The van der Waals surface area contributed by atoms with Crippen LogP contribution in [-0.4, -0.2) is 27.0 Å². The quantitative estimate of drug-likeness (QED) is 0.713. The van der Waals surface area contributed by atoms with Crippen molar-refractivity contribution in [2.24, 2.45) is 0 Å². The number of hydrogen-bond acceptors (Lipinski definition) is 3. The van der Waals surface area contributed by atoms with E-state index >= 15 is 0 Å². The van der Waals surface area contributed by atoms with Gasteiger partial charge in [-0.2, -0.15) is 0 Å². The summed E-state index contributed by atoms with van der Waals surface area (Å²) >= 11 is 3.31. The number of aryl methyl sites for hydroxylation is 1. The van der Waals surface area contributed by atoms with Crippen molar-refractivity contribution >= 4 is 32.9 Å². The monoisotopic (exact) mass is 358 g/mol. The van der Waals surface area contributed by atoms with Crippen LogP contribution in [0, 0.1) is 0 Å². The number of hydrogen-bond donors (Lipinski definition) is 1. The van der Waals surface area contributed by atoms with Gasteiger partial charge >= 0.3 is 0 Å². The van der Waals surface area contributed by atoms with E-state index in [-0.39, 0.29) is 5.91 Å².